The molecule has 6 heteroatoms. The van der Waals surface area contributed by atoms with Crippen LogP contribution in [-0.2, 0) is 14.3 Å². The molecule has 0 amide bonds. The van der Waals surface area contributed by atoms with E-state index in [1.165, 1.54) is 13.5 Å². The summed E-state index contributed by atoms with van der Waals surface area (Å²) in [5.74, 6) is -1.01. The van der Waals surface area contributed by atoms with Crippen LogP contribution < -0.4 is 10.1 Å². The number of ketones is 1. The molecule has 6 nitrogen and oxygen atoms in total. The van der Waals surface area contributed by atoms with Crippen molar-refractivity contribution in [1.29, 1.82) is 0 Å². The topological polar surface area (TPSA) is 84.9 Å². The van der Waals surface area contributed by atoms with Crippen LogP contribution in [0.15, 0.2) is 41.2 Å². The molecule has 2 atom stereocenters. The summed E-state index contributed by atoms with van der Waals surface area (Å²) in [4.78, 5) is 26.8. The van der Waals surface area contributed by atoms with E-state index in [4.69, 9.17) is 9.47 Å². The number of rotatable bonds is 4. The SMILES string of the molecule is COc1ccc(C2C(C(=O)OC3CCCCC3)=C(C)NC3=CC(C)(C)CC(=O)C32)cc1O. The van der Waals surface area contributed by atoms with E-state index in [9.17, 15) is 14.7 Å². The van der Waals surface area contributed by atoms with Gasteiger partial charge in [0.2, 0.25) is 0 Å². The van der Waals surface area contributed by atoms with Gasteiger partial charge in [-0.2, -0.15) is 0 Å². The van der Waals surface area contributed by atoms with Gasteiger partial charge in [-0.15, -0.1) is 0 Å². The zero-order chi connectivity index (χ0) is 23.0. The lowest BCUT2D eigenvalue weighted by Gasteiger charge is -2.41. The van der Waals surface area contributed by atoms with Crippen LogP contribution in [0.4, 0.5) is 0 Å². The fourth-order valence-electron chi connectivity index (χ4n) is 5.39. The third-order valence-electron chi connectivity index (χ3n) is 6.85. The van der Waals surface area contributed by atoms with Crippen LogP contribution in [0.25, 0.3) is 0 Å². The summed E-state index contributed by atoms with van der Waals surface area (Å²) in [7, 11) is 1.49. The van der Waals surface area contributed by atoms with Crippen molar-refractivity contribution in [3.63, 3.8) is 0 Å². The highest BCUT2D eigenvalue weighted by atomic mass is 16.5. The molecular weight excluding hydrogens is 406 g/mol. The highest BCUT2D eigenvalue weighted by molar-refractivity contribution is 5.96. The van der Waals surface area contributed by atoms with Gasteiger partial charge in [0.05, 0.1) is 18.6 Å². The molecule has 32 heavy (non-hydrogen) atoms. The molecule has 0 saturated heterocycles. The second-order valence-corrected chi connectivity index (χ2v) is 9.95. The van der Waals surface area contributed by atoms with Gasteiger partial charge in [0.15, 0.2) is 11.5 Å². The summed E-state index contributed by atoms with van der Waals surface area (Å²) in [5.41, 5.74) is 2.42. The Morgan fingerprint density at radius 2 is 1.88 bits per heavy atom. The molecule has 0 aromatic heterocycles. The predicted octanol–water partition coefficient (Wildman–Crippen LogP) is 4.74. The number of allylic oxidation sites excluding steroid dienone is 3. The van der Waals surface area contributed by atoms with Crippen molar-refractivity contribution in [2.75, 3.05) is 7.11 Å². The number of hydrogen-bond acceptors (Lipinski definition) is 6. The Morgan fingerprint density at radius 1 is 1.16 bits per heavy atom. The minimum absolute atomic E-state index is 0.0182. The van der Waals surface area contributed by atoms with Gasteiger partial charge in [0.1, 0.15) is 11.9 Å². The second kappa shape index (κ2) is 8.64. The first-order valence-corrected chi connectivity index (χ1v) is 11.5. The monoisotopic (exact) mass is 439 g/mol. The third-order valence-corrected chi connectivity index (χ3v) is 6.85. The molecule has 1 aromatic rings. The van der Waals surface area contributed by atoms with Crippen LogP contribution in [0.5, 0.6) is 11.5 Å². The number of benzene rings is 1. The van der Waals surface area contributed by atoms with E-state index in [0.29, 0.717) is 29.0 Å². The first-order valence-electron chi connectivity index (χ1n) is 11.5. The number of carbonyl (C=O) groups excluding carboxylic acids is 2. The van der Waals surface area contributed by atoms with Gasteiger partial charge in [-0.25, -0.2) is 4.79 Å². The van der Waals surface area contributed by atoms with Crippen molar-refractivity contribution < 1.29 is 24.2 Å². The maximum Gasteiger partial charge on any atom is 0.336 e. The Balaban J connectivity index is 1.79. The van der Waals surface area contributed by atoms with Gasteiger partial charge in [-0.3, -0.25) is 4.79 Å². The van der Waals surface area contributed by atoms with Crippen molar-refractivity contribution >= 4 is 11.8 Å². The van der Waals surface area contributed by atoms with Gasteiger partial charge in [0, 0.05) is 23.7 Å². The van der Waals surface area contributed by atoms with E-state index in [0.717, 1.165) is 31.4 Å². The van der Waals surface area contributed by atoms with Gasteiger partial charge >= 0.3 is 5.97 Å². The first kappa shape index (κ1) is 22.4. The van der Waals surface area contributed by atoms with Gasteiger partial charge in [-0.1, -0.05) is 32.4 Å². The average Bonchev–Trinajstić information content (AvgIpc) is 2.72. The molecule has 3 aliphatic rings. The molecule has 2 N–H and O–H groups in total. The number of phenols is 1. The number of ether oxygens (including phenoxy) is 2. The molecule has 1 fully saturated rings. The Hall–Kier alpha value is -2.76. The van der Waals surface area contributed by atoms with Crippen molar-refractivity contribution in [2.24, 2.45) is 11.3 Å². The lowest BCUT2D eigenvalue weighted by Crippen LogP contribution is -2.44. The zero-order valence-electron chi connectivity index (χ0n) is 19.4. The van der Waals surface area contributed by atoms with Gasteiger partial charge in [0.25, 0.3) is 0 Å². The highest BCUT2D eigenvalue weighted by Crippen LogP contribution is 2.48. The molecule has 4 rings (SSSR count). The summed E-state index contributed by atoms with van der Waals surface area (Å²) >= 11 is 0. The lowest BCUT2D eigenvalue weighted by atomic mass is 9.66. The number of phenolic OH excluding ortho intramolecular Hbond substituents is 1. The Labute approximate surface area is 189 Å². The van der Waals surface area contributed by atoms with Crippen molar-refractivity contribution in [1.82, 2.24) is 5.32 Å². The summed E-state index contributed by atoms with van der Waals surface area (Å²) in [6.07, 6.45) is 7.46. The predicted molar refractivity (Wildman–Crippen MR) is 121 cm³/mol. The van der Waals surface area contributed by atoms with Crippen LogP contribution in [0, 0.1) is 11.3 Å². The zero-order valence-corrected chi connectivity index (χ0v) is 19.4. The Morgan fingerprint density at radius 3 is 2.53 bits per heavy atom. The number of Topliss-reactive ketones (excluding diaryl/α,β-unsaturated/α-hetero) is 1. The second-order valence-electron chi connectivity index (χ2n) is 9.95. The van der Waals surface area contributed by atoms with Crippen molar-refractivity contribution in [3.05, 3.63) is 46.8 Å². The molecule has 0 radical (unpaired) electrons. The van der Waals surface area contributed by atoms with Crippen LogP contribution in [0.2, 0.25) is 0 Å². The third kappa shape index (κ3) is 4.27. The fourth-order valence-corrected chi connectivity index (χ4v) is 5.39. The molecule has 2 aliphatic carbocycles. The average molecular weight is 440 g/mol. The minimum atomic E-state index is -0.529. The minimum Gasteiger partial charge on any atom is -0.504 e. The number of nitrogens with one attached hydrogen (secondary N) is 1. The van der Waals surface area contributed by atoms with E-state index < -0.39 is 11.8 Å². The molecule has 1 heterocycles. The fraction of sp³-hybridized carbons (Fsp3) is 0.538. The molecule has 0 spiro atoms. The van der Waals surface area contributed by atoms with E-state index in [1.54, 1.807) is 12.1 Å². The van der Waals surface area contributed by atoms with Crippen LogP contribution >= 0.6 is 0 Å². The van der Waals surface area contributed by atoms with E-state index in [-0.39, 0.29) is 29.0 Å². The largest absolute Gasteiger partial charge is 0.504 e. The number of methoxy groups -OCH3 is 1. The Bertz CT molecular complexity index is 984. The maximum atomic E-state index is 13.4. The van der Waals surface area contributed by atoms with Gasteiger partial charge < -0.3 is 19.9 Å². The number of esters is 1. The molecule has 2 unspecified atom stereocenters. The maximum absolute atomic E-state index is 13.4. The lowest BCUT2D eigenvalue weighted by molar-refractivity contribution is -0.146. The van der Waals surface area contributed by atoms with Gasteiger partial charge in [-0.05, 0) is 55.7 Å². The summed E-state index contributed by atoms with van der Waals surface area (Å²) in [5, 5.41) is 13.8. The normalized spacial score (nSPS) is 25.5. The molecular formula is C26H33NO5. The summed E-state index contributed by atoms with van der Waals surface area (Å²) in [6, 6.07) is 5.09. The summed E-state index contributed by atoms with van der Waals surface area (Å²) in [6.45, 7) is 5.93. The molecule has 1 aliphatic heterocycles. The number of aromatic hydroxyl groups is 1. The van der Waals surface area contributed by atoms with E-state index >= 15 is 0 Å². The standard InChI is InChI=1S/C26H33NO5/c1-15-22(25(30)32-17-8-6-5-7-9-17)23(16-10-11-21(31-4)19(28)12-16)24-18(27-15)13-26(2,3)14-20(24)29/h10-13,17,23-24,27-28H,5-9,14H2,1-4H3. The smallest absolute Gasteiger partial charge is 0.336 e. The van der Waals surface area contributed by atoms with E-state index in [2.05, 4.69) is 11.4 Å². The quantitative estimate of drug-likeness (QED) is 0.660. The van der Waals surface area contributed by atoms with Crippen molar-refractivity contribution in [2.45, 2.75) is 71.3 Å². The van der Waals surface area contributed by atoms with Crippen LogP contribution in [-0.4, -0.2) is 30.1 Å². The molecule has 1 saturated carbocycles. The van der Waals surface area contributed by atoms with Crippen molar-refractivity contribution in [3.8, 4) is 11.5 Å². The molecule has 1 aromatic carbocycles. The van der Waals surface area contributed by atoms with Crippen LogP contribution in [0.1, 0.15) is 70.8 Å². The first-order chi connectivity index (χ1) is 15.2. The number of carbonyl (C=O) groups is 2. The number of hydrogen-bond donors (Lipinski definition) is 2. The molecule has 0 bridgehead atoms. The van der Waals surface area contributed by atoms with Crippen LogP contribution in [0.3, 0.4) is 0 Å². The molecule has 172 valence electrons. The number of fused-ring (bicyclic) bond motifs is 1. The highest BCUT2D eigenvalue weighted by Gasteiger charge is 2.46. The van der Waals surface area contributed by atoms with E-state index in [1.807, 2.05) is 26.8 Å². The Kier molecular flexibility index (Phi) is 6.06. The summed E-state index contributed by atoms with van der Waals surface area (Å²) < 4.78 is 11.1.